The van der Waals surface area contributed by atoms with E-state index in [0.29, 0.717) is 24.9 Å². The third-order valence-corrected chi connectivity index (χ3v) is 5.01. The van der Waals surface area contributed by atoms with Crippen LogP contribution < -0.4 is 15.5 Å². The molecule has 3 fully saturated rings. The molecule has 0 bridgehead atoms. The number of amides is 3. The smallest absolute Gasteiger partial charge is 0.321 e. The number of hydrogen-bond donors (Lipinski definition) is 2. The molecule has 2 N–H and O–H groups in total. The van der Waals surface area contributed by atoms with Gasteiger partial charge in [0.25, 0.3) is 0 Å². The van der Waals surface area contributed by atoms with Gasteiger partial charge >= 0.3 is 6.03 Å². The maximum atomic E-state index is 12.2. The molecule has 5 nitrogen and oxygen atoms in total. The van der Waals surface area contributed by atoms with Crippen molar-refractivity contribution in [2.75, 3.05) is 23.3 Å². The fraction of sp³-hybridized carbons (Fsp3) is 0.500. The molecule has 2 unspecified atom stereocenters. The number of fused-ring (bicyclic) bond motifs is 1. The quantitative estimate of drug-likeness (QED) is 0.894. The highest BCUT2D eigenvalue weighted by Crippen LogP contribution is 2.57. The number of benzene rings is 1. The lowest BCUT2D eigenvalue weighted by Crippen LogP contribution is -2.27. The summed E-state index contributed by atoms with van der Waals surface area (Å²) in [5.41, 5.74) is 1.68. The monoisotopic (exact) mass is 285 g/mol. The Morgan fingerprint density at radius 1 is 1.19 bits per heavy atom. The predicted octanol–water partition coefficient (Wildman–Crippen LogP) is 2.20. The maximum Gasteiger partial charge on any atom is 0.321 e. The van der Waals surface area contributed by atoms with E-state index < -0.39 is 0 Å². The van der Waals surface area contributed by atoms with Crippen LogP contribution >= 0.6 is 0 Å². The topological polar surface area (TPSA) is 61.4 Å². The highest BCUT2D eigenvalue weighted by Gasteiger charge is 2.56. The summed E-state index contributed by atoms with van der Waals surface area (Å²) in [6.07, 6.45) is 3.71. The second kappa shape index (κ2) is 4.76. The van der Waals surface area contributed by atoms with Crippen LogP contribution in [-0.4, -0.2) is 25.0 Å². The van der Waals surface area contributed by atoms with Crippen LogP contribution in [0.25, 0.3) is 0 Å². The van der Waals surface area contributed by atoms with Crippen molar-refractivity contribution in [1.29, 1.82) is 0 Å². The molecular formula is C16H19N3O2. The van der Waals surface area contributed by atoms with Crippen molar-refractivity contribution in [2.45, 2.75) is 19.3 Å². The SMILES string of the molecule is O=C(Nc1ccc(N2CCNC2=O)cc1)C1C2CCCC21. The molecule has 2 aliphatic carbocycles. The van der Waals surface area contributed by atoms with Gasteiger partial charge in [0.1, 0.15) is 0 Å². The fourth-order valence-electron chi connectivity index (χ4n) is 3.88. The second-order valence-electron chi connectivity index (χ2n) is 6.20. The van der Waals surface area contributed by atoms with Crippen molar-refractivity contribution in [3.8, 4) is 0 Å². The van der Waals surface area contributed by atoms with Crippen molar-refractivity contribution in [2.24, 2.45) is 17.8 Å². The van der Waals surface area contributed by atoms with Crippen LogP contribution in [-0.2, 0) is 4.79 Å². The van der Waals surface area contributed by atoms with E-state index in [1.165, 1.54) is 19.3 Å². The molecule has 21 heavy (non-hydrogen) atoms. The van der Waals surface area contributed by atoms with E-state index in [4.69, 9.17) is 0 Å². The normalized spacial score (nSPS) is 30.0. The summed E-state index contributed by atoms with van der Waals surface area (Å²) in [6.45, 7) is 1.37. The molecule has 4 rings (SSSR count). The molecule has 1 aromatic carbocycles. The molecule has 1 saturated heterocycles. The molecule has 2 saturated carbocycles. The Labute approximate surface area is 123 Å². The van der Waals surface area contributed by atoms with E-state index >= 15 is 0 Å². The number of rotatable bonds is 3. The van der Waals surface area contributed by atoms with E-state index in [-0.39, 0.29) is 17.9 Å². The summed E-state index contributed by atoms with van der Waals surface area (Å²) in [5, 5.41) is 5.78. The lowest BCUT2D eigenvalue weighted by molar-refractivity contribution is -0.118. The van der Waals surface area contributed by atoms with Gasteiger partial charge in [-0.05, 0) is 48.9 Å². The highest BCUT2D eigenvalue weighted by atomic mass is 16.2. The number of nitrogens with zero attached hydrogens (tertiary/aromatic N) is 1. The minimum absolute atomic E-state index is 0.0578. The Hall–Kier alpha value is -2.04. The van der Waals surface area contributed by atoms with Gasteiger partial charge in [-0.2, -0.15) is 0 Å². The van der Waals surface area contributed by atoms with Gasteiger partial charge in [0.05, 0.1) is 0 Å². The Balaban J connectivity index is 1.40. The summed E-state index contributed by atoms with van der Waals surface area (Å²) in [6, 6.07) is 7.45. The fourth-order valence-corrected chi connectivity index (χ4v) is 3.88. The molecule has 0 spiro atoms. The van der Waals surface area contributed by atoms with Gasteiger partial charge < -0.3 is 10.6 Å². The molecule has 1 heterocycles. The molecule has 1 aliphatic heterocycles. The Bertz CT molecular complexity index is 574. The first-order valence-corrected chi connectivity index (χ1v) is 7.70. The van der Waals surface area contributed by atoms with E-state index in [9.17, 15) is 9.59 Å². The van der Waals surface area contributed by atoms with Gasteiger partial charge in [-0.3, -0.25) is 9.69 Å². The second-order valence-corrected chi connectivity index (χ2v) is 6.20. The summed E-state index contributed by atoms with van der Waals surface area (Å²) >= 11 is 0. The number of hydrogen-bond acceptors (Lipinski definition) is 2. The van der Waals surface area contributed by atoms with Crippen LogP contribution in [0.3, 0.4) is 0 Å². The number of carbonyl (C=O) groups excluding carboxylic acids is 2. The largest absolute Gasteiger partial charge is 0.336 e. The first kappa shape index (κ1) is 12.7. The summed E-state index contributed by atoms with van der Waals surface area (Å²) < 4.78 is 0. The van der Waals surface area contributed by atoms with Gasteiger partial charge in [-0.25, -0.2) is 4.79 Å². The third kappa shape index (κ3) is 2.17. The Morgan fingerprint density at radius 2 is 1.90 bits per heavy atom. The van der Waals surface area contributed by atoms with Gasteiger partial charge in [0.15, 0.2) is 0 Å². The van der Waals surface area contributed by atoms with E-state index in [1.54, 1.807) is 4.90 Å². The highest BCUT2D eigenvalue weighted by molar-refractivity contribution is 5.96. The number of carbonyl (C=O) groups is 2. The molecule has 3 aliphatic rings. The summed E-state index contributed by atoms with van der Waals surface area (Å²) in [7, 11) is 0. The molecule has 0 aromatic heterocycles. The Kier molecular flexibility index (Phi) is 2.87. The standard InChI is InChI=1S/C16H19N3O2/c20-15(14-12-2-1-3-13(12)14)18-10-4-6-11(7-5-10)19-9-8-17-16(19)21/h4-7,12-14H,1-3,8-9H2,(H,17,21)(H,18,20). The van der Waals surface area contributed by atoms with Gasteiger partial charge in [0, 0.05) is 30.4 Å². The minimum atomic E-state index is -0.0578. The number of nitrogens with one attached hydrogen (secondary N) is 2. The molecular weight excluding hydrogens is 266 g/mol. The van der Waals surface area contributed by atoms with Crippen LogP contribution in [0.2, 0.25) is 0 Å². The zero-order valence-corrected chi connectivity index (χ0v) is 11.8. The van der Waals surface area contributed by atoms with Crippen LogP contribution in [0.4, 0.5) is 16.2 Å². The van der Waals surface area contributed by atoms with E-state index in [2.05, 4.69) is 10.6 Å². The van der Waals surface area contributed by atoms with Crippen molar-refractivity contribution < 1.29 is 9.59 Å². The first-order chi connectivity index (χ1) is 10.2. The molecule has 2 atom stereocenters. The van der Waals surface area contributed by atoms with Crippen LogP contribution in [0.5, 0.6) is 0 Å². The number of urea groups is 1. The lowest BCUT2D eigenvalue weighted by Gasteiger charge is -2.15. The third-order valence-electron chi connectivity index (χ3n) is 5.01. The van der Waals surface area contributed by atoms with Crippen LogP contribution in [0, 0.1) is 17.8 Å². The summed E-state index contributed by atoms with van der Waals surface area (Å²) in [4.78, 5) is 25.5. The predicted molar refractivity (Wildman–Crippen MR) is 80.1 cm³/mol. The van der Waals surface area contributed by atoms with Crippen molar-refractivity contribution in [1.82, 2.24) is 5.32 Å². The number of anilines is 2. The van der Waals surface area contributed by atoms with E-state index in [0.717, 1.165) is 11.4 Å². The Morgan fingerprint density at radius 3 is 2.52 bits per heavy atom. The van der Waals surface area contributed by atoms with Crippen LogP contribution in [0.15, 0.2) is 24.3 Å². The van der Waals surface area contributed by atoms with E-state index in [1.807, 2.05) is 24.3 Å². The minimum Gasteiger partial charge on any atom is -0.336 e. The molecule has 5 heteroatoms. The molecule has 1 aromatic rings. The maximum absolute atomic E-state index is 12.2. The summed E-state index contributed by atoms with van der Waals surface area (Å²) in [5.74, 6) is 1.68. The molecule has 110 valence electrons. The average molecular weight is 285 g/mol. The first-order valence-electron chi connectivity index (χ1n) is 7.70. The average Bonchev–Trinajstić information content (AvgIpc) is 2.83. The molecule has 0 radical (unpaired) electrons. The van der Waals surface area contributed by atoms with Gasteiger partial charge in [0.2, 0.25) is 5.91 Å². The van der Waals surface area contributed by atoms with Crippen molar-refractivity contribution in [3.63, 3.8) is 0 Å². The van der Waals surface area contributed by atoms with Crippen molar-refractivity contribution >= 4 is 23.3 Å². The lowest BCUT2D eigenvalue weighted by atomic mass is 10.1. The zero-order valence-electron chi connectivity index (χ0n) is 11.8. The van der Waals surface area contributed by atoms with Gasteiger partial charge in [-0.15, -0.1) is 0 Å². The molecule has 3 amide bonds. The van der Waals surface area contributed by atoms with Crippen LogP contribution in [0.1, 0.15) is 19.3 Å². The van der Waals surface area contributed by atoms with Crippen molar-refractivity contribution in [3.05, 3.63) is 24.3 Å². The van der Waals surface area contributed by atoms with Gasteiger partial charge in [-0.1, -0.05) is 6.42 Å². The zero-order chi connectivity index (χ0) is 14.4.